The van der Waals surface area contributed by atoms with Gasteiger partial charge in [-0.3, -0.25) is 11.3 Å². The van der Waals surface area contributed by atoms with E-state index in [1.807, 2.05) is 6.07 Å². The average Bonchev–Trinajstić information content (AvgIpc) is 2.41. The smallest absolute Gasteiger partial charge is 0.169 e. The molecule has 1 fully saturated rings. The predicted molar refractivity (Wildman–Crippen MR) is 74.1 cm³/mol. The Morgan fingerprint density at radius 3 is 2.84 bits per heavy atom. The first-order valence-electron chi connectivity index (χ1n) is 6.96. The summed E-state index contributed by atoms with van der Waals surface area (Å²) in [5.74, 6) is 6.73. The molecule has 0 saturated heterocycles. The lowest BCUT2D eigenvalue weighted by molar-refractivity contribution is 0.220. The third kappa shape index (κ3) is 3.07. The second-order valence-corrected chi connectivity index (χ2v) is 5.54. The Hall–Kier alpha value is -1.13. The van der Waals surface area contributed by atoms with Crippen LogP contribution in [0.1, 0.15) is 44.2 Å². The Morgan fingerprint density at radius 2 is 2.21 bits per heavy atom. The monoisotopic (exact) mass is 266 g/mol. The molecule has 4 heteroatoms. The largest absolute Gasteiger partial charge is 0.494 e. The molecule has 1 aliphatic rings. The zero-order valence-corrected chi connectivity index (χ0v) is 11.7. The Labute approximate surface area is 114 Å². The molecule has 0 aliphatic heterocycles. The van der Waals surface area contributed by atoms with Gasteiger partial charge in [0.15, 0.2) is 11.6 Å². The van der Waals surface area contributed by atoms with Gasteiger partial charge in [0.1, 0.15) is 0 Å². The highest BCUT2D eigenvalue weighted by molar-refractivity contribution is 5.33. The highest BCUT2D eigenvalue weighted by Crippen LogP contribution is 2.38. The van der Waals surface area contributed by atoms with E-state index >= 15 is 0 Å². The van der Waals surface area contributed by atoms with Gasteiger partial charge in [-0.15, -0.1) is 0 Å². The first-order chi connectivity index (χ1) is 9.17. The lowest BCUT2D eigenvalue weighted by Crippen LogP contribution is -2.36. The predicted octanol–water partition coefficient (Wildman–Crippen LogP) is 3.17. The number of hydrazine groups is 1. The summed E-state index contributed by atoms with van der Waals surface area (Å²) in [6.45, 7) is 2.25. The fraction of sp³-hybridized carbons (Fsp3) is 0.600. The average molecular weight is 266 g/mol. The number of halogens is 1. The van der Waals surface area contributed by atoms with Crippen LogP contribution in [-0.4, -0.2) is 7.11 Å². The van der Waals surface area contributed by atoms with E-state index in [0.29, 0.717) is 17.4 Å². The second-order valence-electron chi connectivity index (χ2n) is 5.54. The minimum atomic E-state index is -0.300. The minimum absolute atomic E-state index is 0.141. The first kappa shape index (κ1) is 14.3. The zero-order chi connectivity index (χ0) is 13.8. The van der Waals surface area contributed by atoms with Crippen LogP contribution >= 0.6 is 0 Å². The van der Waals surface area contributed by atoms with Gasteiger partial charge in [0.25, 0.3) is 0 Å². The van der Waals surface area contributed by atoms with Crippen molar-refractivity contribution < 1.29 is 9.13 Å². The summed E-state index contributed by atoms with van der Waals surface area (Å²) in [4.78, 5) is 0. The lowest BCUT2D eigenvalue weighted by atomic mass is 9.77. The quantitative estimate of drug-likeness (QED) is 0.650. The van der Waals surface area contributed by atoms with Crippen LogP contribution in [0.4, 0.5) is 4.39 Å². The van der Waals surface area contributed by atoms with Crippen molar-refractivity contribution in [3.8, 4) is 5.75 Å². The maximum atomic E-state index is 14.3. The Morgan fingerprint density at radius 1 is 1.42 bits per heavy atom. The Kier molecular flexibility index (Phi) is 4.77. The first-order valence-corrected chi connectivity index (χ1v) is 6.96. The molecule has 0 aromatic heterocycles. The SMILES string of the molecule is COc1cccc(C(NN)C2CCCC(C)C2)c1F. The number of benzene rings is 1. The molecule has 3 atom stereocenters. The van der Waals surface area contributed by atoms with E-state index in [1.54, 1.807) is 12.1 Å². The highest BCUT2D eigenvalue weighted by atomic mass is 19.1. The molecule has 0 bridgehead atoms. The van der Waals surface area contributed by atoms with Gasteiger partial charge < -0.3 is 4.74 Å². The van der Waals surface area contributed by atoms with E-state index in [-0.39, 0.29) is 17.6 Å². The summed E-state index contributed by atoms with van der Waals surface area (Å²) >= 11 is 0. The van der Waals surface area contributed by atoms with Gasteiger partial charge in [-0.05, 0) is 30.7 Å². The summed E-state index contributed by atoms with van der Waals surface area (Å²) in [7, 11) is 1.48. The standard InChI is InChI=1S/C15H23FN2O/c1-10-5-3-6-11(9-10)15(18-17)12-7-4-8-13(19-2)14(12)16/h4,7-8,10-11,15,18H,3,5-6,9,17H2,1-2H3. The van der Waals surface area contributed by atoms with Gasteiger partial charge in [-0.25, -0.2) is 4.39 Å². The molecule has 1 aromatic rings. The normalized spacial score (nSPS) is 25.1. The molecule has 106 valence electrons. The Bertz CT molecular complexity index is 425. The van der Waals surface area contributed by atoms with E-state index in [4.69, 9.17) is 10.6 Å². The number of ether oxygens (including phenoxy) is 1. The van der Waals surface area contributed by atoms with Crippen molar-refractivity contribution in [2.24, 2.45) is 17.7 Å². The lowest BCUT2D eigenvalue weighted by Gasteiger charge is -2.33. The molecule has 0 spiro atoms. The third-order valence-corrected chi connectivity index (χ3v) is 4.18. The molecule has 1 aromatic carbocycles. The molecule has 19 heavy (non-hydrogen) atoms. The van der Waals surface area contributed by atoms with E-state index in [1.165, 1.54) is 20.0 Å². The van der Waals surface area contributed by atoms with Gasteiger partial charge in [0.2, 0.25) is 0 Å². The number of rotatable bonds is 4. The van der Waals surface area contributed by atoms with Gasteiger partial charge in [0, 0.05) is 5.56 Å². The maximum Gasteiger partial charge on any atom is 0.169 e. The van der Waals surface area contributed by atoms with E-state index in [9.17, 15) is 4.39 Å². The molecule has 0 heterocycles. The molecular weight excluding hydrogens is 243 g/mol. The maximum absolute atomic E-state index is 14.3. The second kappa shape index (κ2) is 6.35. The van der Waals surface area contributed by atoms with Crippen LogP contribution < -0.4 is 16.0 Å². The van der Waals surface area contributed by atoms with Crippen molar-refractivity contribution >= 4 is 0 Å². The van der Waals surface area contributed by atoms with Gasteiger partial charge in [-0.2, -0.15) is 0 Å². The van der Waals surface area contributed by atoms with Crippen molar-refractivity contribution in [2.45, 2.75) is 38.6 Å². The Balaban J connectivity index is 2.26. The fourth-order valence-electron chi connectivity index (χ4n) is 3.19. The van der Waals surface area contributed by atoms with Crippen molar-refractivity contribution in [3.63, 3.8) is 0 Å². The van der Waals surface area contributed by atoms with Crippen LogP contribution in [0.5, 0.6) is 5.75 Å². The number of hydrogen-bond donors (Lipinski definition) is 2. The van der Waals surface area contributed by atoms with Gasteiger partial charge in [0.05, 0.1) is 13.2 Å². The molecule has 0 amide bonds. The van der Waals surface area contributed by atoms with Crippen molar-refractivity contribution in [1.29, 1.82) is 0 Å². The molecule has 1 aliphatic carbocycles. The van der Waals surface area contributed by atoms with E-state index in [2.05, 4.69) is 12.3 Å². The summed E-state index contributed by atoms with van der Waals surface area (Å²) in [5, 5.41) is 0. The zero-order valence-electron chi connectivity index (χ0n) is 11.7. The minimum Gasteiger partial charge on any atom is -0.494 e. The van der Waals surface area contributed by atoms with Crippen molar-refractivity contribution in [2.75, 3.05) is 7.11 Å². The van der Waals surface area contributed by atoms with Crippen LogP contribution in [0.3, 0.4) is 0 Å². The van der Waals surface area contributed by atoms with Crippen LogP contribution in [0, 0.1) is 17.7 Å². The number of methoxy groups -OCH3 is 1. The molecule has 3 unspecified atom stereocenters. The van der Waals surface area contributed by atoms with Gasteiger partial charge >= 0.3 is 0 Å². The number of hydrogen-bond acceptors (Lipinski definition) is 3. The molecular formula is C15H23FN2O. The van der Waals surface area contributed by atoms with Crippen LogP contribution in [0.2, 0.25) is 0 Å². The van der Waals surface area contributed by atoms with E-state index in [0.717, 1.165) is 12.8 Å². The van der Waals surface area contributed by atoms with Crippen molar-refractivity contribution in [3.05, 3.63) is 29.6 Å². The molecule has 3 nitrogen and oxygen atoms in total. The summed E-state index contributed by atoms with van der Waals surface area (Å²) in [6.07, 6.45) is 4.63. The molecule has 3 N–H and O–H groups in total. The molecule has 1 saturated carbocycles. The number of nitrogens with one attached hydrogen (secondary N) is 1. The van der Waals surface area contributed by atoms with Crippen LogP contribution in [-0.2, 0) is 0 Å². The van der Waals surface area contributed by atoms with E-state index < -0.39 is 0 Å². The van der Waals surface area contributed by atoms with Crippen LogP contribution in [0.25, 0.3) is 0 Å². The third-order valence-electron chi connectivity index (χ3n) is 4.18. The molecule has 0 radical (unpaired) electrons. The van der Waals surface area contributed by atoms with Crippen LogP contribution in [0.15, 0.2) is 18.2 Å². The van der Waals surface area contributed by atoms with Crippen molar-refractivity contribution in [1.82, 2.24) is 5.43 Å². The van der Waals surface area contributed by atoms with Gasteiger partial charge in [-0.1, -0.05) is 31.9 Å². The fourth-order valence-corrected chi connectivity index (χ4v) is 3.19. The summed E-state index contributed by atoms with van der Waals surface area (Å²) in [5.41, 5.74) is 3.42. The summed E-state index contributed by atoms with van der Waals surface area (Å²) in [6, 6.07) is 5.10. The topological polar surface area (TPSA) is 47.3 Å². The number of nitrogens with two attached hydrogens (primary N) is 1. The summed E-state index contributed by atoms with van der Waals surface area (Å²) < 4.78 is 19.4. The molecule has 2 rings (SSSR count). The highest BCUT2D eigenvalue weighted by Gasteiger charge is 2.29.